The van der Waals surface area contributed by atoms with E-state index in [9.17, 15) is 9.59 Å². The molecule has 0 aliphatic carbocycles. The highest BCUT2D eigenvalue weighted by Gasteiger charge is 2.45. The quantitative estimate of drug-likeness (QED) is 0.206. The van der Waals surface area contributed by atoms with Crippen molar-refractivity contribution < 1.29 is 28.5 Å². The average molecular weight is 479 g/mol. The molecule has 0 radical (unpaired) electrons. The highest BCUT2D eigenvalue weighted by Crippen LogP contribution is 2.33. The standard InChI is InChI=1S/C22H31N5O5S/c1-14-15(2)22(30-10-5-4-8-20(29)25-33)32-19(21(14)31-16(3)28)13-27-12-18(24-26-27)17-7-6-9-23-11-17/h6-7,9,11-12,14-15,19,21-22H,4-5,8,10,13H2,1-3H3,(H2,24,25,26,29,33)/p+1/t14-,15?,19?,21-,22?/m1/s1. The summed E-state index contributed by atoms with van der Waals surface area (Å²) in [6.07, 6.45) is 5.85. The first kappa shape index (κ1) is 25.1. The Morgan fingerprint density at radius 2 is 2.12 bits per heavy atom. The van der Waals surface area contributed by atoms with Crippen LogP contribution in [0.15, 0.2) is 30.7 Å². The normalized spacial score (nSPS) is 24.9. The van der Waals surface area contributed by atoms with Gasteiger partial charge in [0.15, 0.2) is 12.5 Å². The van der Waals surface area contributed by atoms with Crippen LogP contribution in [0.4, 0.5) is 0 Å². The Hall–Kier alpha value is -2.50. The third-order valence-electron chi connectivity index (χ3n) is 5.87. The maximum Gasteiger partial charge on any atom is 0.303 e. The first-order valence-corrected chi connectivity index (χ1v) is 11.6. The predicted molar refractivity (Wildman–Crippen MR) is 121 cm³/mol. The first-order valence-electron chi connectivity index (χ1n) is 11.1. The fourth-order valence-electron chi connectivity index (χ4n) is 3.88. The molecule has 3 heterocycles. The van der Waals surface area contributed by atoms with Crippen LogP contribution >= 0.6 is 12.8 Å². The number of rotatable bonds is 10. The number of aromatic amines is 1. The minimum Gasteiger partial charge on any atom is -0.459 e. The van der Waals surface area contributed by atoms with Crippen molar-refractivity contribution in [3.63, 3.8) is 0 Å². The Kier molecular flexibility index (Phi) is 9.21. The molecule has 0 bridgehead atoms. The van der Waals surface area contributed by atoms with E-state index in [1.807, 2.05) is 32.2 Å². The van der Waals surface area contributed by atoms with Crippen molar-refractivity contribution in [2.24, 2.45) is 11.8 Å². The van der Waals surface area contributed by atoms with Crippen LogP contribution in [-0.2, 0) is 30.3 Å². The predicted octanol–water partition coefficient (Wildman–Crippen LogP) is 1.84. The number of amides is 1. The van der Waals surface area contributed by atoms with E-state index in [1.165, 1.54) is 6.92 Å². The number of hydrogen-bond donors (Lipinski definition) is 3. The molecular formula is C22H32N5O5S+. The molecule has 2 aromatic heterocycles. The summed E-state index contributed by atoms with van der Waals surface area (Å²) >= 11 is 3.75. The highest BCUT2D eigenvalue weighted by molar-refractivity contribution is 7.78. The molecule has 3 rings (SSSR count). The summed E-state index contributed by atoms with van der Waals surface area (Å²) in [5.74, 6) is -0.418. The van der Waals surface area contributed by atoms with Crippen molar-refractivity contribution in [1.82, 2.24) is 20.0 Å². The van der Waals surface area contributed by atoms with E-state index >= 15 is 0 Å². The molecule has 33 heavy (non-hydrogen) atoms. The zero-order valence-electron chi connectivity index (χ0n) is 19.1. The lowest BCUT2D eigenvalue weighted by atomic mass is 9.84. The van der Waals surface area contributed by atoms with Crippen LogP contribution in [0.3, 0.4) is 0 Å². The fraction of sp³-hybridized carbons (Fsp3) is 0.591. The van der Waals surface area contributed by atoms with E-state index in [-0.39, 0.29) is 23.7 Å². The van der Waals surface area contributed by atoms with Gasteiger partial charge in [0.25, 0.3) is 0 Å². The molecule has 5 atom stereocenters. The van der Waals surface area contributed by atoms with Gasteiger partial charge in [-0.2, -0.15) is 4.68 Å². The molecule has 11 heteroatoms. The van der Waals surface area contributed by atoms with Crippen LogP contribution in [-0.4, -0.2) is 52.3 Å². The van der Waals surface area contributed by atoms with Gasteiger partial charge in [0.1, 0.15) is 18.8 Å². The lowest BCUT2D eigenvalue weighted by Gasteiger charge is -2.43. The van der Waals surface area contributed by atoms with Gasteiger partial charge in [-0.05, 0) is 25.0 Å². The molecule has 2 aromatic rings. The van der Waals surface area contributed by atoms with Crippen molar-refractivity contribution >= 4 is 24.7 Å². The molecular weight excluding hydrogens is 446 g/mol. The Balaban J connectivity index is 1.65. The second-order valence-electron chi connectivity index (χ2n) is 8.32. The number of carbonyl (C=O) groups is 2. The number of thiol groups is 1. The van der Waals surface area contributed by atoms with Gasteiger partial charge in [-0.1, -0.05) is 31.9 Å². The summed E-state index contributed by atoms with van der Waals surface area (Å²) in [7, 11) is 0. The molecule has 1 saturated heterocycles. The summed E-state index contributed by atoms with van der Waals surface area (Å²) in [6.45, 7) is 6.35. The average Bonchev–Trinajstić information content (AvgIpc) is 3.28. The van der Waals surface area contributed by atoms with E-state index in [2.05, 4.69) is 32.8 Å². The molecule has 2 N–H and O–H groups in total. The summed E-state index contributed by atoms with van der Waals surface area (Å²) in [5.41, 5.74) is 1.64. The number of nitrogens with one attached hydrogen (secondary N) is 2. The van der Waals surface area contributed by atoms with Crippen molar-refractivity contribution in [2.45, 2.75) is 65.1 Å². The second-order valence-corrected chi connectivity index (χ2v) is 8.54. The van der Waals surface area contributed by atoms with Crippen LogP contribution in [0.5, 0.6) is 0 Å². The summed E-state index contributed by atoms with van der Waals surface area (Å²) < 4.78 is 22.1. The topological polar surface area (TPSA) is 119 Å². The first-order chi connectivity index (χ1) is 15.9. The van der Waals surface area contributed by atoms with Crippen molar-refractivity contribution in [3.05, 3.63) is 30.7 Å². The molecule has 1 aliphatic heterocycles. The molecule has 0 spiro atoms. The number of aromatic nitrogens is 4. The molecule has 0 saturated carbocycles. The number of unbranched alkanes of at least 4 members (excludes halogenated alkanes) is 1. The van der Waals surface area contributed by atoms with Gasteiger partial charge >= 0.3 is 5.97 Å². The lowest BCUT2D eigenvalue weighted by Crippen LogP contribution is -2.57. The van der Waals surface area contributed by atoms with Crippen LogP contribution in [0.2, 0.25) is 0 Å². The molecule has 1 aliphatic rings. The van der Waals surface area contributed by atoms with E-state index in [1.54, 1.807) is 17.1 Å². The van der Waals surface area contributed by atoms with Crippen molar-refractivity contribution in [1.29, 1.82) is 0 Å². The van der Waals surface area contributed by atoms with Crippen LogP contribution in [0, 0.1) is 11.8 Å². The number of pyridine rings is 1. The zero-order valence-corrected chi connectivity index (χ0v) is 20.0. The molecule has 10 nitrogen and oxygen atoms in total. The molecule has 0 aromatic carbocycles. The maximum atomic E-state index is 11.8. The third kappa shape index (κ3) is 6.99. The van der Waals surface area contributed by atoms with Gasteiger partial charge in [0.2, 0.25) is 11.6 Å². The van der Waals surface area contributed by atoms with Gasteiger partial charge in [-0.25, -0.2) is 0 Å². The number of carbonyl (C=O) groups excluding carboxylic acids is 2. The Bertz CT molecular complexity index is 912. The minimum atomic E-state index is -0.447. The number of hydrogen-bond acceptors (Lipinski definition) is 8. The summed E-state index contributed by atoms with van der Waals surface area (Å²) in [4.78, 5) is 27.2. The monoisotopic (exact) mass is 478 g/mol. The van der Waals surface area contributed by atoms with Gasteiger partial charge in [0.05, 0.1) is 5.56 Å². The largest absolute Gasteiger partial charge is 0.459 e. The van der Waals surface area contributed by atoms with Crippen LogP contribution in [0.1, 0.15) is 40.0 Å². The molecule has 3 unspecified atom stereocenters. The lowest BCUT2D eigenvalue weighted by molar-refractivity contribution is -0.761. The maximum absolute atomic E-state index is 11.8. The van der Waals surface area contributed by atoms with E-state index in [0.717, 1.165) is 17.7 Å². The smallest absolute Gasteiger partial charge is 0.303 e. The zero-order chi connectivity index (χ0) is 23.8. The Labute approximate surface area is 198 Å². The molecule has 1 fully saturated rings. The van der Waals surface area contributed by atoms with Crippen molar-refractivity contribution in [2.75, 3.05) is 6.61 Å². The van der Waals surface area contributed by atoms with Crippen LogP contribution < -0.4 is 9.40 Å². The molecule has 180 valence electrons. The van der Waals surface area contributed by atoms with Crippen LogP contribution in [0.25, 0.3) is 11.3 Å². The SMILES string of the molecule is CC(=O)O[C@H]1C(C[n+]2cc(-c3cccnc3)n[nH]2)OC(OCCCCC(=O)NS)C(C)[C@H]1C. The fourth-order valence-corrected chi connectivity index (χ4v) is 3.99. The summed E-state index contributed by atoms with van der Waals surface area (Å²) in [6, 6.07) is 3.78. The van der Waals surface area contributed by atoms with Gasteiger partial charge in [-0.15, -0.1) is 0 Å². The molecule has 1 amide bonds. The van der Waals surface area contributed by atoms with Gasteiger partial charge < -0.3 is 18.9 Å². The number of nitrogens with zero attached hydrogens (tertiary/aromatic N) is 3. The van der Waals surface area contributed by atoms with E-state index in [0.29, 0.717) is 26.0 Å². The highest BCUT2D eigenvalue weighted by atomic mass is 32.1. The number of H-pyrrole nitrogens is 1. The minimum absolute atomic E-state index is 0.0176. The second kappa shape index (κ2) is 12.1. The number of ether oxygens (including phenoxy) is 3. The van der Waals surface area contributed by atoms with E-state index in [4.69, 9.17) is 14.2 Å². The van der Waals surface area contributed by atoms with Crippen molar-refractivity contribution in [3.8, 4) is 11.3 Å². The van der Waals surface area contributed by atoms with Gasteiger partial charge in [0, 0.05) is 49.3 Å². The van der Waals surface area contributed by atoms with E-state index < -0.39 is 18.5 Å². The third-order valence-corrected chi connectivity index (χ3v) is 6.12. The number of esters is 1. The Morgan fingerprint density at radius 3 is 2.82 bits per heavy atom. The summed E-state index contributed by atoms with van der Waals surface area (Å²) in [5, 5.41) is 7.32. The Morgan fingerprint density at radius 1 is 1.30 bits per heavy atom. The van der Waals surface area contributed by atoms with Gasteiger partial charge in [-0.3, -0.25) is 14.6 Å².